The molecule has 0 unspecified atom stereocenters. The summed E-state index contributed by atoms with van der Waals surface area (Å²) in [5.41, 5.74) is 2.52. The zero-order valence-electron chi connectivity index (χ0n) is 8.00. The highest BCUT2D eigenvalue weighted by molar-refractivity contribution is 6.60. The minimum atomic E-state index is -1.61. The number of benzene rings is 1. The van der Waals surface area contributed by atoms with Crippen LogP contribution < -0.4 is 5.46 Å². The van der Waals surface area contributed by atoms with Crippen molar-refractivity contribution in [3.63, 3.8) is 0 Å². The maximum atomic E-state index is 9.61. The van der Waals surface area contributed by atoms with Crippen LogP contribution in [-0.4, -0.2) is 22.3 Å². The quantitative estimate of drug-likeness (QED) is 0.533. The molecule has 0 heterocycles. The van der Waals surface area contributed by atoms with Crippen molar-refractivity contribution in [1.29, 1.82) is 0 Å². The summed E-state index contributed by atoms with van der Waals surface area (Å²) in [5, 5.41) is 27.6. The van der Waals surface area contributed by atoms with Gasteiger partial charge < -0.3 is 15.2 Å². The van der Waals surface area contributed by atoms with E-state index >= 15 is 0 Å². The summed E-state index contributed by atoms with van der Waals surface area (Å²) in [4.78, 5) is 0. The van der Waals surface area contributed by atoms with Crippen LogP contribution in [0, 0.1) is 20.8 Å². The summed E-state index contributed by atoms with van der Waals surface area (Å²) in [7, 11) is -1.61. The van der Waals surface area contributed by atoms with E-state index in [0.717, 1.165) is 5.56 Å². The highest BCUT2D eigenvalue weighted by atomic mass is 16.4. The second-order valence-electron chi connectivity index (χ2n) is 3.27. The molecule has 0 atom stereocenters. The highest BCUT2D eigenvalue weighted by Crippen LogP contribution is 2.19. The van der Waals surface area contributed by atoms with E-state index in [9.17, 15) is 5.11 Å². The van der Waals surface area contributed by atoms with Gasteiger partial charge in [-0.15, -0.1) is 0 Å². The van der Waals surface area contributed by atoms with Crippen molar-refractivity contribution in [3.05, 3.63) is 22.8 Å². The van der Waals surface area contributed by atoms with Crippen LogP contribution in [0.1, 0.15) is 16.7 Å². The van der Waals surface area contributed by atoms with Crippen molar-refractivity contribution in [2.75, 3.05) is 0 Å². The van der Waals surface area contributed by atoms with Crippen LogP contribution in [0.2, 0.25) is 0 Å². The van der Waals surface area contributed by atoms with Gasteiger partial charge in [-0.05, 0) is 37.5 Å². The standard InChI is InChI=1S/C9H13BO3/c1-5-4-6(2)8(10(12)13)9(11)7(5)3/h4,11-13H,1-3H3. The molecule has 0 aliphatic carbocycles. The first-order valence-corrected chi connectivity index (χ1v) is 4.11. The minimum absolute atomic E-state index is 0.0208. The average Bonchev–Trinajstić information content (AvgIpc) is 1.99. The lowest BCUT2D eigenvalue weighted by atomic mass is 9.75. The molecule has 70 valence electrons. The van der Waals surface area contributed by atoms with Crippen molar-refractivity contribution in [2.45, 2.75) is 20.8 Å². The van der Waals surface area contributed by atoms with Gasteiger partial charge in [0.1, 0.15) is 5.75 Å². The van der Waals surface area contributed by atoms with Gasteiger partial charge in [0, 0.05) is 5.46 Å². The molecule has 0 spiro atoms. The average molecular weight is 180 g/mol. The Bertz CT molecular complexity index is 334. The van der Waals surface area contributed by atoms with E-state index in [-0.39, 0.29) is 11.2 Å². The Balaban J connectivity index is 3.44. The third kappa shape index (κ3) is 1.69. The Morgan fingerprint density at radius 2 is 1.62 bits per heavy atom. The highest BCUT2D eigenvalue weighted by Gasteiger charge is 2.20. The summed E-state index contributed by atoms with van der Waals surface area (Å²) in [6.07, 6.45) is 0. The third-order valence-electron chi connectivity index (χ3n) is 2.32. The monoisotopic (exact) mass is 180 g/mol. The fourth-order valence-electron chi connectivity index (χ4n) is 1.41. The largest absolute Gasteiger partial charge is 0.508 e. The van der Waals surface area contributed by atoms with Gasteiger partial charge in [-0.1, -0.05) is 6.07 Å². The molecule has 0 aromatic heterocycles. The van der Waals surface area contributed by atoms with Crippen molar-refractivity contribution < 1.29 is 15.2 Å². The molecular formula is C9H13BO3. The lowest BCUT2D eigenvalue weighted by Gasteiger charge is -2.12. The molecule has 3 N–H and O–H groups in total. The predicted octanol–water partition coefficient (Wildman–Crippen LogP) is -0.00274. The fraction of sp³-hybridized carbons (Fsp3) is 0.333. The van der Waals surface area contributed by atoms with Crippen LogP contribution in [0.5, 0.6) is 5.75 Å². The normalized spacial score (nSPS) is 10.2. The molecule has 0 radical (unpaired) electrons. The Kier molecular flexibility index (Phi) is 2.64. The van der Waals surface area contributed by atoms with Gasteiger partial charge >= 0.3 is 7.12 Å². The summed E-state index contributed by atoms with van der Waals surface area (Å²) in [5.74, 6) is -0.0208. The summed E-state index contributed by atoms with van der Waals surface area (Å²) in [6.45, 7) is 5.35. The number of phenolic OH excluding ortho intramolecular Hbond substituents is 1. The van der Waals surface area contributed by atoms with Gasteiger partial charge in [0.05, 0.1) is 0 Å². The molecule has 3 nitrogen and oxygen atoms in total. The number of aromatic hydroxyl groups is 1. The van der Waals surface area contributed by atoms with Crippen LogP contribution >= 0.6 is 0 Å². The van der Waals surface area contributed by atoms with Crippen LogP contribution in [0.4, 0.5) is 0 Å². The topological polar surface area (TPSA) is 60.7 Å². The molecule has 0 aliphatic rings. The first kappa shape index (κ1) is 10.1. The van der Waals surface area contributed by atoms with E-state index < -0.39 is 7.12 Å². The Labute approximate surface area is 77.8 Å². The van der Waals surface area contributed by atoms with Crippen LogP contribution in [-0.2, 0) is 0 Å². The van der Waals surface area contributed by atoms with Crippen LogP contribution in [0.3, 0.4) is 0 Å². The Morgan fingerprint density at radius 1 is 1.08 bits per heavy atom. The first-order valence-electron chi connectivity index (χ1n) is 4.11. The molecule has 4 heteroatoms. The molecule has 1 aromatic rings. The zero-order valence-corrected chi connectivity index (χ0v) is 8.00. The van der Waals surface area contributed by atoms with Crippen molar-refractivity contribution >= 4 is 12.6 Å². The lowest BCUT2D eigenvalue weighted by molar-refractivity contribution is 0.418. The van der Waals surface area contributed by atoms with Crippen molar-refractivity contribution in [3.8, 4) is 5.75 Å². The number of hydrogen-bond acceptors (Lipinski definition) is 3. The number of aryl methyl sites for hydroxylation is 2. The molecule has 0 amide bonds. The Morgan fingerprint density at radius 3 is 2.08 bits per heavy atom. The van der Waals surface area contributed by atoms with Crippen molar-refractivity contribution in [1.82, 2.24) is 0 Å². The maximum Gasteiger partial charge on any atom is 0.492 e. The number of hydrogen-bond donors (Lipinski definition) is 3. The number of phenols is 1. The first-order chi connectivity index (χ1) is 5.95. The molecule has 0 fully saturated rings. The summed E-state index contributed by atoms with van der Waals surface area (Å²) < 4.78 is 0. The second kappa shape index (κ2) is 3.40. The van der Waals surface area contributed by atoms with E-state index in [1.807, 2.05) is 13.0 Å². The Hall–Kier alpha value is -0.995. The minimum Gasteiger partial charge on any atom is -0.508 e. The van der Waals surface area contributed by atoms with E-state index in [1.165, 1.54) is 0 Å². The van der Waals surface area contributed by atoms with Gasteiger partial charge in [-0.3, -0.25) is 0 Å². The lowest BCUT2D eigenvalue weighted by Crippen LogP contribution is -2.33. The molecule has 13 heavy (non-hydrogen) atoms. The molecular weight excluding hydrogens is 167 g/mol. The molecule has 1 aromatic carbocycles. The summed E-state index contributed by atoms with van der Waals surface area (Å²) in [6, 6.07) is 1.82. The second-order valence-corrected chi connectivity index (χ2v) is 3.27. The maximum absolute atomic E-state index is 9.61. The smallest absolute Gasteiger partial charge is 0.492 e. The molecule has 1 rings (SSSR count). The molecule has 0 saturated heterocycles. The predicted molar refractivity (Wildman–Crippen MR) is 52.1 cm³/mol. The van der Waals surface area contributed by atoms with Gasteiger partial charge in [-0.25, -0.2) is 0 Å². The van der Waals surface area contributed by atoms with Gasteiger partial charge in [-0.2, -0.15) is 0 Å². The van der Waals surface area contributed by atoms with E-state index in [4.69, 9.17) is 10.0 Å². The molecule has 0 aliphatic heterocycles. The van der Waals surface area contributed by atoms with Crippen LogP contribution in [0.25, 0.3) is 0 Å². The molecule has 0 bridgehead atoms. The van der Waals surface area contributed by atoms with E-state index in [1.54, 1.807) is 13.8 Å². The van der Waals surface area contributed by atoms with E-state index in [0.29, 0.717) is 11.1 Å². The summed E-state index contributed by atoms with van der Waals surface area (Å²) >= 11 is 0. The number of rotatable bonds is 1. The van der Waals surface area contributed by atoms with Gasteiger partial charge in [0.2, 0.25) is 0 Å². The van der Waals surface area contributed by atoms with Crippen LogP contribution in [0.15, 0.2) is 6.07 Å². The SMILES string of the molecule is Cc1cc(C)c(B(O)O)c(O)c1C. The fourth-order valence-corrected chi connectivity index (χ4v) is 1.41. The van der Waals surface area contributed by atoms with E-state index in [2.05, 4.69) is 0 Å². The zero-order chi connectivity index (χ0) is 10.2. The van der Waals surface area contributed by atoms with Crippen molar-refractivity contribution in [2.24, 2.45) is 0 Å². The third-order valence-corrected chi connectivity index (χ3v) is 2.32. The van der Waals surface area contributed by atoms with Gasteiger partial charge in [0.15, 0.2) is 0 Å². The molecule has 0 saturated carbocycles. The van der Waals surface area contributed by atoms with Gasteiger partial charge in [0.25, 0.3) is 0 Å².